The summed E-state index contributed by atoms with van der Waals surface area (Å²) in [4.78, 5) is 0. The van der Waals surface area contributed by atoms with Crippen molar-refractivity contribution in [3.05, 3.63) is 0 Å². The minimum Gasteiger partial charge on any atom is -0.393 e. The van der Waals surface area contributed by atoms with Crippen LogP contribution in [0.4, 0.5) is 0 Å². The van der Waals surface area contributed by atoms with Gasteiger partial charge in [0.2, 0.25) is 0 Å². The van der Waals surface area contributed by atoms with E-state index in [9.17, 15) is 5.11 Å². The summed E-state index contributed by atoms with van der Waals surface area (Å²) in [7, 11) is 0. The van der Waals surface area contributed by atoms with E-state index in [0.717, 1.165) is 12.3 Å². The predicted molar refractivity (Wildman–Crippen MR) is 79.7 cm³/mol. The van der Waals surface area contributed by atoms with Crippen molar-refractivity contribution in [1.29, 1.82) is 0 Å². The van der Waals surface area contributed by atoms with Crippen molar-refractivity contribution in [3.8, 4) is 0 Å². The van der Waals surface area contributed by atoms with Crippen molar-refractivity contribution in [2.24, 2.45) is 11.8 Å². The maximum Gasteiger partial charge on any atom is 0.0570 e. The summed E-state index contributed by atoms with van der Waals surface area (Å²) in [6.07, 6.45) is 15.9. The van der Waals surface area contributed by atoms with Crippen LogP contribution in [0.25, 0.3) is 0 Å². The highest BCUT2D eigenvalue weighted by Gasteiger charge is 2.28. The zero-order chi connectivity index (χ0) is 13.2. The molecule has 3 unspecified atom stereocenters. The Kier molecular flexibility index (Phi) is 8.75. The van der Waals surface area contributed by atoms with E-state index >= 15 is 0 Å². The lowest BCUT2D eigenvalue weighted by Crippen LogP contribution is -2.22. The van der Waals surface area contributed by atoms with Crippen molar-refractivity contribution in [2.75, 3.05) is 0 Å². The maximum atomic E-state index is 10.2. The first-order valence-corrected chi connectivity index (χ1v) is 8.43. The summed E-state index contributed by atoms with van der Waals surface area (Å²) >= 11 is 0. The van der Waals surface area contributed by atoms with Crippen molar-refractivity contribution in [2.45, 2.75) is 97.0 Å². The monoisotopic (exact) mass is 254 g/mol. The highest BCUT2D eigenvalue weighted by Crippen LogP contribution is 2.35. The van der Waals surface area contributed by atoms with Crippen LogP contribution in [-0.2, 0) is 0 Å². The van der Waals surface area contributed by atoms with E-state index in [1.54, 1.807) is 0 Å². The molecule has 0 heterocycles. The molecule has 1 aliphatic carbocycles. The van der Waals surface area contributed by atoms with Gasteiger partial charge in [-0.3, -0.25) is 0 Å². The van der Waals surface area contributed by atoms with Crippen LogP contribution in [0, 0.1) is 11.8 Å². The van der Waals surface area contributed by atoms with Gasteiger partial charge < -0.3 is 5.11 Å². The van der Waals surface area contributed by atoms with E-state index in [2.05, 4.69) is 13.8 Å². The Morgan fingerprint density at radius 1 is 0.944 bits per heavy atom. The second-order valence-corrected chi connectivity index (χ2v) is 6.40. The molecule has 1 saturated carbocycles. The average Bonchev–Trinajstić information content (AvgIpc) is 2.79. The van der Waals surface area contributed by atoms with Crippen LogP contribution in [0.1, 0.15) is 90.9 Å². The number of rotatable bonds is 10. The van der Waals surface area contributed by atoms with Crippen LogP contribution < -0.4 is 0 Å². The first kappa shape index (κ1) is 16.0. The van der Waals surface area contributed by atoms with Gasteiger partial charge in [-0.05, 0) is 24.7 Å². The van der Waals surface area contributed by atoms with Gasteiger partial charge in [0.15, 0.2) is 0 Å². The van der Waals surface area contributed by atoms with Crippen LogP contribution in [0.2, 0.25) is 0 Å². The van der Waals surface area contributed by atoms with Crippen LogP contribution in [0.3, 0.4) is 0 Å². The number of hydrogen-bond donors (Lipinski definition) is 1. The van der Waals surface area contributed by atoms with E-state index in [4.69, 9.17) is 0 Å². The zero-order valence-electron chi connectivity index (χ0n) is 12.7. The fraction of sp³-hybridized carbons (Fsp3) is 1.00. The van der Waals surface area contributed by atoms with E-state index in [1.165, 1.54) is 70.6 Å². The van der Waals surface area contributed by atoms with E-state index in [1.807, 2.05) is 0 Å². The van der Waals surface area contributed by atoms with Crippen molar-refractivity contribution >= 4 is 0 Å². The van der Waals surface area contributed by atoms with Gasteiger partial charge in [-0.15, -0.1) is 0 Å². The minimum absolute atomic E-state index is 0.0115. The SMILES string of the molecule is CCCCCCCCCCC(O)C1CCCC1C. The minimum atomic E-state index is -0.0115. The molecule has 1 heteroatoms. The molecule has 1 rings (SSSR count). The third kappa shape index (κ3) is 6.22. The molecular formula is C17H34O. The molecule has 0 amide bonds. The largest absolute Gasteiger partial charge is 0.393 e. The van der Waals surface area contributed by atoms with Crippen LogP contribution in [-0.4, -0.2) is 11.2 Å². The molecule has 0 saturated heterocycles. The Morgan fingerprint density at radius 2 is 1.56 bits per heavy atom. The predicted octanol–water partition coefficient (Wildman–Crippen LogP) is 5.31. The molecule has 1 aliphatic rings. The first-order valence-electron chi connectivity index (χ1n) is 8.43. The summed E-state index contributed by atoms with van der Waals surface area (Å²) in [5.41, 5.74) is 0. The smallest absolute Gasteiger partial charge is 0.0570 e. The summed E-state index contributed by atoms with van der Waals surface area (Å²) < 4.78 is 0. The summed E-state index contributed by atoms with van der Waals surface area (Å²) in [6, 6.07) is 0. The second-order valence-electron chi connectivity index (χ2n) is 6.40. The van der Waals surface area contributed by atoms with Crippen LogP contribution in [0.5, 0.6) is 0 Å². The molecule has 0 aromatic heterocycles. The Hall–Kier alpha value is -0.0400. The quantitative estimate of drug-likeness (QED) is 0.523. The average molecular weight is 254 g/mol. The summed E-state index contributed by atoms with van der Waals surface area (Å²) in [6.45, 7) is 4.58. The molecule has 0 spiro atoms. The third-order valence-corrected chi connectivity index (χ3v) is 4.78. The number of aliphatic hydroxyl groups is 1. The molecule has 108 valence electrons. The number of unbranched alkanes of at least 4 members (excludes halogenated alkanes) is 7. The number of hydrogen-bond acceptors (Lipinski definition) is 1. The van der Waals surface area contributed by atoms with Crippen molar-refractivity contribution in [1.82, 2.24) is 0 Å². The molecule has 0 aliphatic heterocycles. The standard InChI is InChI=1S/C17H34O/c1-3-4-5-6-7-8-9-10-14-17(18)16-13-11-12-15(16)2/h15-18H,3-14H2,1-2H3. The van der Waals surface area contributed by atoms with Gasteiger partial charge in [-0.1, -0.05) is 78.1 Å². The molecular weight excluding hydrogens is 220 g/mol. The van der Waals surface area contributed by atoms with E-state index in [0.29, 0.717) is 5.92 Å². The molecule has 0 radical (unpaired) electrons. The molecule has 3 atom stereocenters. The fourth-order valence-corrected chi connectivity index (χ4v) is 3.45. The molecule has 18 heavy (non-hydrogen) atoms. The topological polar surface area (TPSA) is 20.2 Å². The normalized spacial score (nSPS) is 25.5. The Labute approximate surface area is 114 Å². The molecule has 1 N–H and O–H groups in total. The number of aliphatic hydroxyl groups excluding tert-OH is 1. The van der Waals surface area contributed by atoms with Gasteiger partial charge in [-0.25, -0.2) is 0 Å². The van der Waals surface area contributed by atoms with Crippen molar-refractivity contribution in [3.63, 3.8) is 0 Å². The molecule has 1 nitrogen and oxygen atoms in total. The molecule has 0 aromatic rings. The van der Waals surface area contributed by atoms with Gasteiger partial charge in [-0.2, -0.15) is 0 Å². The first-order chi connectivity index (χ1) is 8.75. The highest BCUT2D eigenvalue weighted by atomic mass is 16.3. The maximum absolute atomic E-state index is 10.2. The zero-order valence-corrected chi connectivity index (χ0v) is 12.7. The highest BCUT2D eigenvalue weighted by molar-refractivity contribution is 4.79. The van der Waals surface area contributed by atoms with Gasteiger partial charge in [0.05, 0.1) is 6.10 Å². The Bertz CT molecular complexity index is 190. The van der Waals surface area contributed by atoms with Crippen LogP contribution >= 0.6 is 0 Å². The van der Waals surface area contributed by atoms with Crippen LogP contribution in [0.15, 0.2) is 0 Å². The molecule has 0 bridgehead atoms. The van der Waals surface area contributed by atoms with Gasteiger partial charge in [0, 0.05) is 0 Å². The lowest BCUT2D eigenvalue weighted by atomic mass is 9.89. The van der Waals surface area contributed by atoms with Crippen molar-refractivity contribution < 1.29 is 5.11 Å². The Morgan fingerprint density at radius 3 is 2.11 bits per heavy atom. The molecule has 0 aromatic carbocycles. The van der Waals surface area contributed by atoms with E-state index < -0.39 is 0 Å². The fourth-order valence-electron chi connectivity index (χ4n) is 3.45. The van der Waals surface area contributed by atoms with Gasteiger partial charge in [0.25, 0.3) is 0 Å². The lowest BCUT2D eigenvalue weighted by Gasteiger charge is -2.22. The van der Waals surface area contributed by atoms with Gasteiger partial charge in [0.1, 0.15) is 0 Å². The summed E-state index contributed by atoms with van der Waals surface area (Å²) in [5.74, 6) is 1.36. The summed E-state index contributed by atoms with van der Waals surface area (Å²) in [5, 5.41) is 10.2. The third-order valence-electron chi connectivity index (χ3n) is 4.78. The second kappa shape index (κ2) is 9.83. The van der Waals surface area contributed by atoms with Gasteiger partial charge >= 0.3 is 0 Å². The molecule has 1 fully saturated rings. The Balaban J connectivity index is 1.91. The lowest BCUT2D eigenvalue weighted by molar-refractivity contribution is 0.0793. The van der Waals surface area contributed by atoms with E-state index in [-0.39, 0.29) is 6.10 Å².